The summed E-state index contributed by atoms with van der Waals surface area (Å²) in [5, 5.41) is 3.77. The van der Waals surface area contributed by atoms with Crippen LogP contribution in [0.3, 0.4) is 0 Å². The van der Waals surface area contributed by atoms with Gasteiger partial charge in [-0.3, -0.25) is 9.59 Å². The molecule has 0 bridgehead atoms. The lowest BCUT2D eigenvalue weighted by molar-refractivity contribution is -0.126. The number of nitrogens with zero attached hydrogens (tertiary/aromatic N) is 1. The summed E-state index contributed by atoms with van der Waals surface area (Å²) in [5.74, 6) is 0.844. The van der Waals surface area contributed by atoms with Gasteiger partial charge in [0.25, 0.3) is 5.91 Å². The fourth-order valence-electron chi connectivity index (χ4n) is 4.82. The molecule has 1 aromatic heterocycles. The second-order valence-electron chi connectivity index (χ2n) is 9.21. The number of furan rings is 1. The number of ether oxygens (including phenoxy) is 2. The van der Waals surface area contributed by atoms with Gasteiger partial charge in [0.05, 0.1) is 20.5 Å². The van der Waals surface area contributed by atoms with E-state index >= 15 is 0 Å². The number of carbonyl (C=O) groups excluding carboxylic acids is 2. The Hall–Kier alpha value is -3.45. The van der Waals surface area contributed by atoms with Gasteiger partial charge in [-0.05, 0) is 66.8 Å². The number of amides is 2. The number of halogens is 1. The van der Waals surface area contributed by atoms with Crippen molar-refractivity contribution in [2.45, 2.75) is 50.6 Å². The molecule has 196 valence electrons. The first-order chi connectivity index (χ1) is 18.0. The molecule has 1 N–H and O–H groups in total. The average Bonchev–Trinajstić information content (AvgIpc) is 3.47. The quantitative estimate of drug-likeness (QED) is 0.361. The van der Waals surface area contributed by atoms with E-state index in [-0.39, 0.29) is 30.2 Å². The van der Waals surface area contributed by atoms with Crippen molar-refractivity contribution < 1.29 is 23.5 Å². The highest BCUT2D eigenvalue weighted by atomic mass is 35.5. The molecule has 7 nitrogen and oxygen atoms in total. The topological polar surface area (TPSA) is 81.0 Å². The number of nitrogens with one attached hydrogen (secondary N) is 1. The molecule has 4 rings (SSSR count). The monoisotopic (exact) mass is 524 g/mol. The molecule has 8 heteroatoms. The highest BCUT2D eigenvalue weighted by Crippen LogP contribution is 2.30. The van der Waals surface area contributed by atoms with Gasteiger partial charge in [0.1, 0.15) is 6.04 Å². The second-order valence-corrected chi connectivity index (χ2v) is 9.65. The van der Waals surface area contributed by atoms with E-state index in [0.717, 1.165) is 31.2 Å². The molecule has 0 unspecified atom stereocenters. The molecular weight excluding hydrogens is 492 g/mol. The van der Waals surface area contributed by atoms with E-state index in [0.29, 0.717) is 28.5 Å². The van der Waals surface area contributed by atoms with E-state index in [2.05, 4.69) is 5.32 Å². The van der Waals surface area contributed by atoms with Crippen molar-refractivity contribution in [3.63, 3.8) is 0 Å². The summed E-state index contributed by atoms with van der Waals surface area (Å²) in [6.45, 7) is 0.278. The lowest BCUT2D eigenvalue weighted by Gasteiger charge is -2.33. The average molecular weight is 525 g/mol. The molecule has 1 heterocycles. The van der Waals surface area contributed by atoms with E-state index in [9.17, 15) is 9.59 Å². The Labute approximate surface area is 222 Å². The molecule has 0 aliphatic heterocycles. The largest absolute Gasteiger partial charge is 0.493 e. The third kappa shape index (κ3) is 6.66. The van der Waals surface area contributed by atoms with Gasteiger partial charge in [-0.15, -0.1) is 0 Å². The first-order valence-corrected chi connectivity index (χ1v) is 13.0. The number of methoxy groups -OCH3 is 2. The number of hydrogen-bond donors (Lipinski definition) is 1. The lowest BCUT2D eigenvalue weighted by atomic mass is 9.94. The Kier molecular flexibility index (Phi) is 9.12. The Balaban J connectivity index is 1.67. The Morgan fingerprint density at radius 3 is 2.41 bits per heavy atom. The highest BCUT2D eigenvalue weighted by molar-refractivity contribution is 6.30. The van der Waals surface area contributed by atoms with Crippen LogP contribution in [-0.2, 0) is 11.2 Å². The van der Waals surface area contributed by atoms with Crippen LogP contribution in [-0.4, -0.2) is 43.5 Å². The van der Waals surface area contributed by atoms with E-state index in [4.69, 9.17) is 25.5 Å². The summed E-state index contributed by atoms with van der Waals surface area (Å²) in [4.78, 5) is 29.1. The molecule has 0 radical (unpaired) electrons. The number of hydrogen-bond acceptors (Lipinski definition) is 5. The van der Waals surface area contributed by atoms with Crippen LogP contribution in [0.4, 0.5) is 0 Å². The smallest absolute Gasteiger partial charge is 0.290 e. The summed E-state index contributed by atoms with van der Waals surface area (Å²) in [6, 6.07) is 15.2. The fraction of sp³-hybridized carbons (Fsp3) is 0.379. The molecule has 2 aromatic carbocycles. The van der Waals surface area contributed by atoms with Crippen LogP contribution in [0.2, 0.25) is 5.02 Å². The minimum absolute atomic E-state index is 0.0995. The maximum absolute atomic E-state index is 13.8. The normalized spacial score (nSPS) is 14.6. The van der Waals surface area contributed by atoms with Crippen LogP contribution in [0.1, 0.15) is 59.8 Å². The molecule has 37 heavy (non-hydrogen) atoms. The van der Waals surface area contributed by atoms with Crippen LogP contribution in [0.5, 0.6) is 11.5 Å². The van der Waals surface area contributed by atoms with Crippen molar-refractivity contribution >= 4 is 23.4 Å². The number of carbonyl (C=O) groups is 2. The van der Waals surface area contributed by atoms with Crippen molar-refractivity contribution in [1.82, 2.24) is 10.2 Å². The van der Waals surface area contributed by atoms with Gasteiger partial charge < -0.3 is 24.1 Å². The zero-order valence-corrected chi connectivity index (χ0v) is 22.0. The van der Waals surface area contributed by atoms with Crippen LogP contribution < -0.4 is 14.8 Å². The molecular formula is C29H33ClN2O5. The van der Waals surface area contributed by atoms with Crippen molar-refractivity contribution in [2.75, 3.05) is 20.8 Å². The van der Waals surface area contributed by atoms with E-state index in [1.807, 2.05) is 18.2 Å². The van der Waals surface area contributed by atoms with Gasteiger partial charge >= 0.3 is 0 Å². The number of rotatable bonds is 10. The first-order valence-electron chi connectivity index (χ1n) is 12.6. The maximum atomic E-state index is 13.8. The van der Waals surface area contributed by atoms with Gasteiger partial charge in [-0.2, -0.15) is 0 Å². The summed E-state index contributed by atoms with van der Waals surface area (Å²) < 4.78 is 16.2. The van der Waals surface area contributed by atoms with Crippen molar-refractivity contribution in [3.05, 3.63) is 82.8 Å². The van der Waals surface area contributed by atoms with E-state index in [1.54, 1.807) is 55.5 Å². The van der Waals surface area contributed by atoms with E-state index < -0.39 is 6.04 Å². The third-order valence-corrected chi connectivity index (χ3v) is 7.03. The number of benzene rings is 2. The molecule has 1 saturated carbocycles. The molecule has 2 amide bonds. The standard InChI is InChI=1S/C29H33ClN2O5/c1-35-24-15-10-20(19-26(24)36-2)16-17-32(29(34)25-9-6-18-37-25)27(21-11-13-22(30)14-12-21)28(33)31-23-7-4-3-5-8-23/h6,9-15,18-19,23,27H,3-5,7-8,16-17H2,1-2H3,(H,31,33)/t27-/m1/s1. The second kappa shape index (κ2) is 12.7. The predicted octanol–water partition coefficient (Wildman–Crippen LogP) is 5.83. The van der Waals surface area contributed by atoms with Crippen LogP contribution in [0.25, 0.3) is 0 Å². The minimum Gasteiger partial charge on any atom is -0.493 e. The van der Waals surface area contributed by atoms with E-state index in [1.165, 1.54) is 12.7 Å². The van der Waals surface area contributed by atoms with Gasteiger partial charge in [0, 0.05) is 17.6 Å². The Morgan fingerprint density at radius 1 is 1.03 bits per heavy atom. The zero-order valence-electron chi connectivity index (χ0n) is 21.2. The van der Waals surface area contributed by atoms with Crippen molar-refractivity contribution in [3.8, 4) is 11.5 Å². The molecule has 1 aliphatic carbocycles. The molecule has 1 aliphatic rings. The van der Waals surface area contributed by atoms with Gasteiger partial charge in [0.15, 0.2) is 17.3 Å². The van der Waals surface area contributed by atoms with Crippen LogP contribution in [0, 0.1) is 0 Å². The molecule has 0 spiro atoms. The van der Waals surface area contributed by atoms with Gasteiger partial charge in [-0.1, -0.05) is 49.1 Å². The first kappa shape index (κ1) is 26.6. The molecule has 3 aromatic rings. The predicted molar refractivity (Wildman–Crippen MR) is 142 cm³/mol. The van der Waals surface area contributed by atoms with Gasteiger partial charge in [0.2, 0.25) is 5.91 Å². The Bertz CT molecular complexity index is 1170. The third-order valence-electron chi connectivity index (χ3n) is 6.78. The van der Waals surface area contributed by atoms with Crippen molar-refractivity contribution in [2.24, 2.45) is 0 Å². The summed E-state index contributed by atoms with van der Waals surface area (Å²) in [5.41, 5.74) is 1.63. The van der Waals surface area contributed by atoms with Crippen LogP contribution in [0.15, 0.2) is 65.3 Å². The maximum Gasteiger partial charge on any atom is 0.290 e. The minimum atomic E-state index is -0.850. The summed E-state index contributed by atoms with van der Waals surface area (Å²) >= 11 is 6.15. The fourth-order valence-corrected chi connectivity index (χ4v) is 4.95. The summed E-state index contributed by atoms with van der Waals surface area (Å²) in [7, 11) is 3.17. The molecule has 1 fully saturated rings. The van der Waals surface area contributed by atoms with Crippen LogP contribution >= 0.6 is 11.6 Å². The zero-order chi connectivity index (χ0) is 26.2. The van der Waals surface area contributed by atoms with Gasteiger partial charge in [-0.25, -0.2) is 0 Å². The SMILES string of the molecule is COc1ccc(CCN(C(=O)c2ccco2)[C@@H](C(=O)NC2CCCCC2)c2ccc(Cl)cc2)cc1OC. The highest BCUT2D eigenvalue weighted by Gasteiger charge is 2.34. The Morgan fingerprint density at radius 2 is 1.76 bits per heavy atom. The summed E-state index contributed by atoms with van der Waals surface area (Å²) in [6.07, 6.45) is 7.19. The molecule has 0 saturated heterocycles. The lowest BCUT2D eigenvalue weighted by Crippen LogP contribution is -2.47. The molecule has 1 atom stereocenters. The van der Waals surface area contributed by atoms with Crippen molar-refractivity contribution in [1.29, 1.82) is 0 Å².